The minimum atomic E-state index is -0.480. The molecule has 2 aromatic heterocycles. The van der Waals surface area contributed by atoms with Crippen LogP contribution in [0.3, 0.4) is 0 Å². The van der Waals surface area contributed by atoms with E-state index >= 15 is 0 Å². The standard InChI is InChI=1S/C26H23FN2O3/c1-15-5-6-16(2)20(11-15)25(31)21-14-29(13-18-8-10-23(32-4)22(27)12-18)26-19(24(21)30)9-7-17(3)28-26/h5-12,14H,13H2,1-4H3. The highest BCUT2D eigenvalue weighted by Crippen LogP contribution is 2.21. The van der Waals surface area contributed by atoms with Gasteiger partial charge in [0.05, 0.1) is 18.1 Å². The van der Waals surface area contributed by atoms with Crippen molar-refractivity contribution >= 4 is 16.8 Å². The van der Waals surface area contributed by atoms with Crippen molar-refractivity contribution in [3.8, 4) is 5.75 Å². The summed E-state index contributed by atoms with van der Waals surface area (Å²) in [4.78, 5) is 31.2. The topological polar surface area (TPSA) is 61.2 Å². The maximum absolute atomic E-state index is 14.3. The molecule has 4 aromatic rings. The van der Waals surface area contributed by atoms with Crippen molar-refractivity contribution in [2.24, 2.45) is 0 Å². The van der Waals surface area contributed by atoms with Gasteiger partial charge < -0.3 is 9.30 Å². The van der Waals surface area contributed by atoms with Gasteiger partial charge in [0.25, 0.3) is 0 Å². The number of carbonyl (C=O) groups is 1. The molecular formula is C26H23FN2O3. The van der Waals surface area contributed by atoms with E-state index in [0.29, 0.717) is 22.2 Å². The zero-order chi connectivity index (χ0) is 23.0. The van der Waals surface area contributed by atoms with Crippen molar-refractivity contribution in [2.45, 2.75) is 27.3 Å². The molecule has 0 amide bonds. The molecule has 4 rings (SSSR count). The van der Waals surface area contributed by atoms with Crippen molar-refractivity contribution in [1.29, 1.82) is 0 Å². The molecule has 162 valence electrons. The highest BCUT2D eigenvalue weighted by molar-refractivity contribution is 6.10. The van der Waals surface area contributed by atoms with Gasteiger partial charge in [-0.25, -0.2) is 9.37 Å². The normalized spacial score (nSPS) is 11.0. The number of fused-ring (bicyclic) bond motifs is 1. The number of ketones is 1. The van der Waals surface area contributed by atoms with Gasteiger partial charge in [-0.05, 0) is 62.2 Å². The van der Waals surface area contributed by atoms with Crippen molar-refractivity contribution in [1.82, 2.24) is 9.55 Å². The quantitative estimate of drug-likeness (QED) is 0.429. The molecule has 6 heteroatoms. The van der Waals surface area contributed by atoms with Gasteiger partial charge in [0.2, 0.25) is 5.43 Å². The number of aromatic nitrogens is 2. The summed E-state index contributed by atoms with van der Waals surface area (Å²) in [5.41, 5.74) is 3.76. The lowest BCUT2D eigenvalue weighted by atomic mass is 9.97. The van der Waals surface area contributed by atoms with Crippen LogP contribution in [0.1, 0.15) is 38.3 Å². The van der Waals surface area contributed by atoms with Crippen molar-refractivity contribution in [3.63, 3.8) is 0 Å². The molecule has 0 aliphatic heterocycles. The molecular weight excluding hydrogens is 407 g/mol. The number of rotatable bonds is 5. The molecule has 0 bridgehead atoms. The number of halogens is 1. The summed E-state index contributed by atoms with van der Waals surface area (Å²) >= 11 is 0. The first-order valence-corrected chi connectivity index (χ1v) is 10.2. The van der Waals surface area contributed by atoms with E-state index in [1.165, 1.54) is 19.4 Å². The fraction of sp³-hybridized carbons (Fsp3) is 0.192. The SMILES string of the molecule is COc1ccc(Cn2cc(C(=O)c3cc(C)ccc3C)c(=O)c3ccc(C)nc32)cc1F. The van der Waals surface area contributed by atoms with E-state index in [-0.39, 0.29) is 29.1 Å². The Morgan fingerprint density at radius 3 is 2.53 bits per heavy atom. The highest BCUT2D eigenvalue weighted by atomic mass is 19.1. The third-order valence-corrected chi connectivity index (χ3v) is 5.51. The van der Waals surface area contributed by atoms with Crippen LogP contribution in [0.25, 0.3) is 11.0 Å². The lowest BCUT2D eigenvalue weighted by molar-refractivity contribution is 0.103. The van der Waals surface area contributed by atoms with Gasteiger partial charge in [-0.3, -0.25) is 9.59 Å². The molecule has 2 aromatic carbocycles. The number of hydrogen-bond donors (Lipinski definition) is 0. The Bertz CT molecular complexity index is 1420. The van der Waals surface area contributed by atoms with Crippen LogP contribution in [-0.2, 0) is 6.54 Å². The van der Waals surface area contributed by atoms with Gasteiger partial charge in [-0.15, -0.1) is 0 Å². The van der Waals surface area contributed by atoms with E-state index in [0.717, 1.165) is 16.8 Å². The van der Waals surface area contributed by atoms with Crippen molar-refractivity contribution < 1.29 is 13.9 Å². The number of pyridine rings is 2. The van der Waals surface area contributed by atoms with Crippen LogP contribution in [-0.4, -0.2) is 22.4 Å². The number of nitrogens with zero attached hydrogens (tertiary/aromatic N) is 2. The fourth-order valence-electron chi connectivity index (χ4n) is 3.77. The smallest absolute Gasteiger partial charge is 0.202 e. The Balaban J connectivity index is 1.90. The van der Waals surface area contributed by atoms with Gasteiger partial charge in [0.15, 0.2) is 17.3 Å². The predicted octanol–water partition coefficient (Wildman–Crippen LogP) is 4.75. The summed E-state index contributed by atoms with van der Waals surface area (Å²) < 4.78 is 21.0. The van der Waals surface area contributed by atoms with Crippen LogP contribution >= 0.6 is 0 Å². The van der Waals surface area contributed by atoms with E-state index in [9.17, 15) is 14.0 Å². The number of benzene rings is 2. The minimum absolute atomic E-state index is 0.0610. The van der Waals surface area contributed by atoms with Crippen LogP contribution in [0.15, 0.2) is 59.5 Å². The molecule has 0 N–H and O–H groups in total. The molecule has 0 aliphatic carbocycles. The molecule has 0 radical (unpaired) electrons. The van der Waals surface area contributed by atoms with Gasteiger partial charge >= 0.3 is 0 Å². The molecule has 0 fully saturated rings. The molecule has 0 aliphatic rings. The predicted molar refractivity (Wildman–Crippen MR) is 122 cm³/mol. The number of aryl methyl sites for hydroxylation is 3. The lowest BCUT2D eigenvalue weighted by Crippen LogP contribution is -2.21. The first-order valence-electron chi connectivity index (χ1n) is 10.2. The third-order valence-electron chi connectivity index (χ3n) is 5.51. The van der Waals surface area contributed by atoms with Crippen molar-refractivity contribution in [3.05, 3.63) is 104 Å². The maximum Gasteiger partial charge on any atom is 0.202 e. The van der Waals surface area contributed by atoms with Gasteiger partial charge in [-0.1, -0.05) is 23.8 Å². The van der Waals surface area contributed by atoms with E-state index in [1.807, 2.05) is 32.9 Å². The number of carbonyl (C=O) groups excluding carboxylic acids is 1. The second-order valence-electron chi connectivity index (χ2n) is 7.94. The third kappa shape index (κ3) is 3.91. The Morgan fingerprint density at radius 2 is 1.81 bits per heavy atom. The van der Waals surface area contributed by atoms with E-state index in [2.05, 4.69) is 4.98 Å². The Labute approximate surface area is 185 Å². The first-order chi connectivity index (χ1) is 15.3. The van der Waals surface area contributed by atoms with Gasteiger partial charge in [0.1, 0.15) is 5.65 Å². The average Bonchev–Trinajstić information content (AvgIpc) is 2.77. The summed E-state index contributed by atoms with van der Waals surface area (Å²) in [6, 6.07) is 13.7. The molecule has 0 saturated carbocycles. The molecule has 0 spiro atoms. The maximum atomic E-state index is 14.3. The summed E-state index contributed by atoms with van der Waals surface area (Å²) in [6.45, 7) is 5.81. The second kappa shape index (κ2) is 8.38. The van der Waals surface area contributed by atoms with E-state index in [4.69, 9.17) is 4.74 Å². The zero-order valence-electron chi connectivity index (χ0n) is 18.4. The largest absolute Gasteiger partial charge is 0.494 e. The second-order valence-corrected chi connectivity index (χ2v) is 7.94. The van der Waals surface area contributed by atoms with Crippen LogP contribution in [0.5, 0.6) is 5.75 Å². The van der Waals surface area contributed by atoms with E-state index < -0.39 is 5.82 Å². The summed E-state index contributed by atoms with van der Waals surface area (Å²) in [7, 11) is 1.41. The summed E-state index contributed by atoms with van der Waals surface area (Å²) in [5, 5.41) is 0.348. The minimum Gasteiger partial charge on any atom is -0.494 e. The molecule has 2 heterocycles. The molecule has 32 heavy (non-hydrogen) atoms. The fourth-order valence-corrected chi connectivity index (χ4v) is 3.77. The number of methoxy groups -OCH3 is 1. The molecule has 5 nitrogen and oxygen atoms in total. The monoisotopic (exact) mass is 430 g/mol. The number of hydrogen-bond acceptors (Lipinski definition) is 4. The summed E-state index contributed by atoms with van der Waals surface area (Å²) in [5.74, 6) is -0.669. The lowest BCUT2D eigenvalue weighted by Gasteiger charge is -2.14. The van der Waals surface area contributed by atoms with Crippen LogP contribution in [0, 0.1) is 26.6 Å². The Morgan fingerprint density at radius 1 is 1.03 bits per heavy atom. The van der Waals surface area contributed by atoms with E-state index in [1.54, 1.807) is 34.9 Å². The first kappa shape index (κ1) is 21.4. The summed E-state index contributed by atoms with van der Waals surface area (Å²) in [6.07, 6.45) is 1.53. The van der Waals surface area contributed by atoms with Gasteiger partial charge in [0, 0.05) is 24.0 Å². The van der Waals surface area contributed by atoms with Crippen molar-refractivity contribution in [2.75, 3.05) is 7.11 Å². The molecule has 0 saturated heterocycles. The Kier molecular flexibility index (Phi) is 5.61. The van der Waals surface area contributed by atoms with Crippen LogP contribution < -0.4 is 10.2 Å². The molecule has 0 unspecified atom stereocenters. The average molecular weight is 430 g/mol. The van der Waals surface area contributed by atoms with Crippen LogP contribution in [0.4, 0.5) is 4.39 Å². The Hall–Kier alpha value is -3.80. The zero-order valence-corrected chi connectivity index (χ0v) is 18.4. The van der Waals surface area contributed by atoms with Gasteiger partial charge in [-0.2, -0.15) is 0 Å². The number of ether oxygens (including phenoxy) is 1. The molecule has 0 atom stereocenters. The highest BCUT2D eigenvalue weighted by Gasteiger charge is 2.20. The van der Waals surface area contributed by atoms with Crippen LogP contribution in [0.2, 0.25) is 0 Å².